The lowest BCUT2D eigenvalue weighted by Crippen LogP contribution is -2.13. The van der Waals surface area contributed by atoms with Gasteiger partial charge in [-0.15, -0.1) is 11.8 Å². The Balaban J connectivity index is 1.75. The molecule has 21 heavy (non-hydrogen) atoms. The van der Waals surface area contributed by atoms with Gasteiger partial charge in [-0.25, -0.2) is 0 Å². The average Bonchev–Trinajstić information content (AvgIpc) is 2.53. The summed E-state index contributed by atoms with van der Waals surface area (Å²) in [6, 6.07) is 18.4. The molecule has 1 atom stereocenters. The van der Waals surface area contributed by atoms with E-state index in [1.54, 1.807) is 11.8 Å². The van der Waals surface area contributed by atoms with E-state index in [4.69, 9.17) is 5.73 Å². The molecule has 2 aromatic carbocycles. The molecule has 0 aliphatic carbocycles. The first-order valence-electron chi connectivity index (χ1n) is 6.71. The van der Waals surface area contributed by atoms with E-state index < -0.39 is 0 Å². The molecule has 0 radical (unpaired) electrons. The Kier molecular flexibility index (Phi) is 4.58. The molecule has 4 heteroatoms. The fourth-order valence-corrected chi connectivity index (χ4v) is 3.69. The summed E-state index contributed by atoms with van der Waals surface area (Å²) in [5.74, 6) is 0.822. The number of pyridine rings is 1. The van der Waals surface area contributed by atoms with Crippen molar-refractivity contribution in [2.24, 2.45) is 5.73 Å². The van der Waals surface area contributed by atoms with Crippen molar-refractivity contribution in [1.82, 2.24) is 4.98 Å². The SMILES string of the molecule is NC(CSc1ccccc1Br)c1cnc2ccccc2c1. The van der Waals surface area contributed by atoms with Crippen LogP contribution in [0.3, 0.4) is 0 Å². The first-order chi connectivity index (χ1) is 10.2. The van der Waals surface area contributed by atoms with Crippen LogP contribution in [0.2, 0.25) is 0 Å². The second-order valence-electron chi connectivity index (χ2n) is 4.81. The molecule has 0 saturated heterocycles. The van der Waals surface area contributed by atoms with E-state index in [1.807, 2.05) is 42.6 Å². The number of nitrogens with two attached hydrogens (primary N) is 1. The molecule has 0 spiro atoms. The normalized spacial score (nSPS) is 12.5. The zero-order valence-electron chi connectivity index (χ0n) is 11.4. The number of nitrogens with zero attached hydrogens (tertiary/aromatic N) is 1. The lowest BCUT2D eigenvalue weighted by molar-refractivity contribution is 0.827. The average molecular weight is 359 g/mol. The third-order valence-corrected chi connectivity index (χ3v) is 5.44. The fourth-order valence-electron chi connectivity index (χ4n) is 2.13. The zero-order valence-corrected chi connectivity index (χ0v) is 13.8. The summed E-state index contributed by atoms with van der Waals surface area (Å²) in [5, 5.41) is 1.14. The summed E-state index contributed by atoms with van der Waals surface area (Å²) in [6.07, 6.45) is 1.88. The van der Waals surface area contributed by atoms with Crippen LogP contribution in [0.1, 0.15) is 11.6 Å². The minimum absolute atomic E-state index is 0.0285. The number of aromatic nitrogens is 1. The summed E-state index contributed by atoms with van der Waals surface area (Å²) in [7, 11) is 0. The Morgan fingerprint density at radius 3 is 2.71 bits per heavy atom. The van der Waals surface area contributed by atoms with Gasteiger partial charge in [0.05, 0.1) is 5.52 Å². The molecule has 0 bridgehead atoms. The van der Waals surface area contributed by atoms with E-state index in [1.165, 1.54) is 4.90 Å². The molecule has 2 nitrogen and oxygen atoms in total. The van der Waals surface area contributed by atoms with Crippen LogP contribution >= 0.6 is 27.7 Å². The molecule has 0 fully saturated rings. The third kappa shape index (κ3) is 3.46. The van der Waals surface area contributed by atoms with Crippen molar-refractivity contribution < 1.29 is 0 Å². The second-order valence-corrected chi connectivity index (χ2v) is 6.73. The van der Waals surface area contributed by atoms with Crippen molar-refractivity contribution in [3.8, 4) is 0 Å². The van der Waals surface area contributed by atoms with Crippen LogP contribution in [-0.2, 0) is 0 Å². The maximum Gasteiger partial charge on any atom is 0.0702 e. The predicted octanol–water partition coefficient (Wildman–Crippen LogP) is 4.79. The maximum absolute atomic E-state index is 6.31. The van der Waals surface area contributed by atoms with Crippen molar-refractivity contribution in [3.63, 3.8) is 0 Å². The summed E-state index contributed by atoms with van der Waals surface area (Å²) >= 11 is 5.32. The summed E-state index contributed by atoms with van der Waals surface area (Å²) in [6.45, 7) is 0. The lowest BCUT2D eigenvalue weighted by Gasteiger charge is -2.12. The van der Waals surface area contributed by atoms with Crippen LogP contribution in [0.15, 0.2) is 70.2 Å². The minimum atomic E-state index is -0.0285. The van der Waals surface area contributed by atoms with Gasteiger partial charge in [-0.2, -0.15) is 0 Å². The molecule has 0 aliphatic heterocycles. The van der Waals surface area contributed by atoms with Gasteiger partial charge in [0.15, 0.2) is 0 Å². The van der Waals surface area contributed by atoms with Crippen LogP contribution in [-0.4, -0.2) is 10.7 Å². The predicted molar refractivity (Wildman–Crippen MR) is 93.5 cm³/mol. The molecule has 3 aromatic rings. The Morgan fingerprint density at radius 1 is 1.10 bits per heavy atom. The molecular formula is C17H15BrN2S. The van der Waals surface area contributed by atoms with Gasteiger partial charge in [0, 0.05) is 32.7 Å². The molecule has 106 valence electrons. The highest BCUT2D eigenvalue weighted by Crippen LogP contribution is 2.30. The molecule has 0 amide bonds. The largest absolute Gasteiger partial charge is 0.323 e. The van der Waals surface area contributed by atoms with Gasteiger partial charge in [-0.1, -0.05) is 30.3 Å². The van der Waals surface area contributed by atoms with Crippen molar-refractivity contribution in [3.05, 3.63) is 70.8 Å². The molecule has 1 unspecified atom stereocenters. The van der Waals surface area contributed by atoms with Crippen LogP contribution in [0.25, 0.3) is 10.9 Å². The van der Waals surface area contributed by atoms with E-state index in [0.29, 0.717) is 0 Å². The maximum atomic E-state index is 6.31. The van der Waals surface area contributed by atoms with Crippen LogP contribution in [0.5, 0.6) is 0 Å². The van der Waals surface area contributed by atoms with E-state index in [9.17, 15) is 0 Å². The summed E-state index contributed by atoms with van der Waals surface area (Å²) < 4.78 is 1.11. The fraction of sp³-hybridized carbons (Fsp3) is 0.118. The Hall–Kier alpha value is -1.36. The second kappa shape index (κ2) is 6.60. The Labute approximate surface area is 136 Å². The number of fused-ring (bicyclic) bond motifs is 1. The Morgan fingerprint density at radius 2 is 1.86 bits per heavy atom. The molecule has 1 aromatic heterocycles. The monoisotopic (exact) mass is 358 g/mol. The number of hydrogen-bond acceptors (Lipinski definition) is 3. The third-order valence-electron chi connectivity index (χ3n) is 3.29. The van der Waals surface area contributed by atoms with E-state index in [-0.39, 0.29) is 6.04 Å². The lowest BCUT2D eigenvalue weighted by atomic mass is 10.1. The number of rotatable bonds is 4. The topological polar surface area (TPSA) is 38.9 Å². The number of para-hydroxylation sites is 1. The zero-order chi connectivity index (χ0) is 14.7. The van der Waals surface area contributed by atoms with Crippen LogP contribution < -0.4 is 5.73 Å². The summed E-state index contributed by atoms with van der Waals surface area (Å²) in [5.41, 5.74) is 8.39. The molecule has 2 N–H and O–H groups in total. The molecular weight excluding hydrogens is 344 g/mol. The first-order valence-corrected chi connectivity index (χ1v) is 8.49. The van der Waals surface area contributed by atoms with Gasteiger partial charge in [0.1, 0.15) is 0 Å². The quantitative estimate of drug-likeness (QED) is 0.681. The highest BCUT2D eigenvalue weighted by Gasteiger charge is 2.09. The molecule has 3 rings (SSSR count). The number of halogens is 1. The Bertz CT molecular complexity index is 760. The number of hydrogen-bond donors (Lipinski definition) is 1. The van der Waals surface area contributed by atoms with E-state index in [2.05, 4.69) is 39.1 Å². The van der Waals surface area contributed by atoms with E-state index >= 15 is 0 Å². The molecule has 0 aliphatic rings. The van der Waals surface area contributed by atoms with Crippen LogP contribution in [0.4, 0.5) is 0 Å². The van der Waals surface area contributed by atoms with Crippen molar-refractivity contribution in [1.29, 1.82) is 0 Å². The standard InChI is InChI=1S/C17H15BrN2S/c18-14-6-2-4-8-17(14)21-11-15(19)13-9-12-5-1-3-7-16(12)20-10-13/h1-10,15H,11,19H2. The van der Waals surface area contributed by atoms with Gasteiger partial charge in [0.25, 0.3) is 0 Å². The van der Waals surface area contributed by atoms with E-state index in [0.717, 1.165) is 26.7 Å². The highest BCUT2D eigenvalue weighted by atomic mass is 79.9. The molecule has 0 saturated carbocycles. The van der Waals surface area contributed by atoms with Crippen molar-refractivity contribution >= 4 is 38.6 Å². The molecule has 1 heterocycles. The first kappa shape index (κ1) is 14.6. The van der Waals surface area contributed by atoms with Crippen molar-refractivity contribution in [2.45, 2.75) is 10.9 Å². The van der Waals surface area contributed by atoms with Gasteiger partial charge in [-0.05, 0) is 45.8 Å². The van der Waals surface area contributed by atoms with Gasteiger partial charge in [-0.3, -0.25) is 4.98 Å². The van der Waals surface area contributed by atoms with Crippen molar-refractivity contribution in [2.75, 3.05) is 5.75 Å². The van der Waals surface area contributed by atoms with Gasteiger partial charge in [0.2, 0.25) is 0 Å². The number of thioether (sulfide) groups is 1. The smallest absolute Gasteiger partial charge is 0.0702 e. The highest BCUT2D eigenvalue weighted by molar-refractivity contribution is 9.10. The summed E-state index contributed by atoms with van der Waals surface area (Å²) in [4.78, 5) is 5.69. The van der Waals surface area contributed by atoms with Gasteiger partial charge < -0.3 is 5.73 Å². The number of benzene rings is 2. The minimum Gasteiger partial charge on any atom is -0.323 e. The van der Waals surface area contributed by atoms with Crippen LogP contribution in [0, 0.1) is 0 Å². The van der Waals surface area contributed by atoms with Gasteiger partial charge >= 0.3 is 0 Å².